The number of Topliss-reactive ketones (excluding diaryl/α,β-unsaturated/α-hetero) is 3. The van der Waals surface area contributed by atoms with Crippen molar-refractivity contribution in [3.63, 3.8) is 0 Å². The highest BCUT2D eigenvalue weighted by molar-refractivity contribution is 6.21. The number of amides is 3. The van der Waals surface area contributed by atoms with Gasteiger partial charge in [0.15, 0.2) is 17.3 Å². The van der Waals surface area contributed by atoms with Crippen molar-refractivity contribution in [3.05, 3.63) is 47.2 Å². The van der Waals surface area contributed by atoms with E-state index < -0.39 is 89.3 Å². The van der Waals surface area contributed by atoms with Crippen LogP contribution in [0.2, 0.25) is 0 Å². The number of carbonyl (C=O) groups excluding carboxylic acids is 6. The number of hydrogen-bond acceptors (Lipinski definition) is 11. The first kappa shape index (κ1) is 39.5. The third kappa shape index (κ3) is 7.45. The molecule has 0 bridgehead atoms. The summed E-state index contributed by atoms with van der Waals surface area (Å²) in [6.45, 7) is 12.0. The van der Waals surface area contributed by atoms with Crippen molar-refractivity contribution >= 4 is 35.4 Å². The number of fused-ring (bicyclic) bond motifs is 4. The Bertz CT molecular complexity index is 1890. The van der Waals surface area contributed by atoms with Crippen LogP contribution in [0.5, 0.6) is 0 Å². The lowest BCUT2D eigenvalue weighted by Crippen LogP contribution is -2.74. The van der Waals surface area contributed by atoms with Gasteiger partial charge in [0.05, 0.1) is 41.9 Å². The van der Waals surface area contributed by atoms with Crippen LogP contribution in [0.1, 0.15) is 94.4 Å². The fourth-order valence-corrected chi connectivity index (χ4v) is 10.4. The van der Waals surface area contributed by atoms with Gasteiger partial charge in [-0.05, 0) is 73.6 Å². The van der Waals surface area contributed by atoms with Crippen LogP contribution >= 0.6 is 0 Å². The van der Waals surface area contributed by atoms with E-state index in [1.165, 1.54) is 0 Å². The van der Waals surface area contributed by atoms with E-state index in [1.54, 1.807) is 76.9 Å². The number of ketones is 3. The average molecular weight is 792 g/mol. The Labute approximate surface area is 332 Å². The molecule has 1 aromatic rings. The molecule has 3 aliphatic carbocycles. The second-order valence-corrected chi connectivity index (χ2v) is 18.9. The van der Waals surface area contributed by atoms with Gasteiger partial charge in [0, 0.05) is 67.3 Å². The molecule has 0 spiro atoms. The van der Waals surface area contributed by atoms with Crippen molar-refractivity contribution in [1.82, 2.24) is 25.3 Å². The number of halogens is 1. The summed E-state index contributed by atoms with van der Waals surface area (Å²) in [5.41, 5.74) is -0.625. The van der Waals surface area contributed by atoms with Gasteiger partial charge in [-0.15, -0.1) is 0 Å². The summed E-state index contributed by atoms with van der Waals surface area (Å²) >= 11 is 0. The van der Waals surface area contributed by atoms with Crippen LogP contribution in [0.25, 0.3) is 0 Å². The highest BCUT2D eigenvalue weighted by Gasteiger charge is 2.62. The second-order valence-electron chi connectivity index (χ2n) is 18.9. The molecule has 14 nitrogen and oxygen atoms in total. The fraction of sp³-hybridized carbons (Fsp3) is 0.667. The van der Waals surface area contributed by atoms with Crippen LogP contribution in [-0.2, 0) is 23.8 Å². The topological polar surface area (TPSA) is 164 Å². The maximum absolute atomic E-state index is 16.9. The zero-order valence-corrected chi connectivity index (χ0v) is 33.5. The summed E-state index contributed by atoms with van der Waals surface area (Å²) in [4.78, 5) is 87.3. The molecule has 11 unspecified atom stereocenters. The minimum absolute atomic E-state index is 0.0551. The Hall–Kier alpha value is -4.37. The Morgan fingerprint density at radius 3 is 1.95 bits per heavy atom. The van der Waals surface area contributed by atoms with E-state index in [0.717, 1.165) is 0 Å². The zero-order valence-electron chi connectivity index (χ0n) is 33.5. The Kier molecular flexibility index (Phi) is 10.0. The van der Waals surface area contributed by atoms with E-state index in [-0.39, 0.29) is 55.0 Å². The number of hydrogen-bond donors (Lipinski definition) is 2. The van der Waals surface area contributed by atoms with E-state index in [1.807, 2.05) is 9.80 Å². The number of ether oxygens (including phenoxy) is 3. The van der Waals surface area contributed by atoms with Crippen molar-refractivity contribution in [3.8, 4) is 0 Å². The first-order chi connectivity index (χ1) is 26.9. The second kappa shape index (κ2) is 14.5. The maximum Gasteiger partial charge on any atom is 0.407 e. The van der Waals surface area contributed by atoms with E-state index in [0.29, 0.717) is 43.6 Å². The summed E-state index contributed by atoms with van der Waals surface area (Å²) in [7, 11) is 0. The SMILES string of the molecule is CC(C)(C)OC(=O)NC1CCN(C(=O)C2=CN3C4CC5C(=O)c6ccccc6C(=O)C5CC4OC4C(N5CCC(NC(=O)OC(C)(C)C)C5)C(F)CC(C2=O)C43)C1. The van der Waals surface area contributed by atoms with Crippen LogP contribution < -0.4 is 10.6 Å². The van der Waals surface area contributed by atoms with Crippen LogP contribution in [0.4, 0.5) is 14.0 Å². The van der Waals surface area contributed by atoms with Gasteiger partial charge in [0.2, 0.25) is 0 Å². The van der Waals surface area contributed by atoms with Gasteiger partial charge < -0.3 is 34.6 Å². The lowest BCUT2D eigenvalue weighted by molar-refractivity contribution is -0.215. The van der Waals surface area contributed by atoms with Crippen molar-refractivity contribution in [1.29, 1.82) is 0 Å². The molecular formula is C42H54FN5O9. The van der Waals surface area contributed by atoms with Crippen molar-refractivity contribution in [2.24, 2.45) is 17.8 Å². The number of nitrogens with zero attached hydrogens (tertiary/aromatic N) is 3. The highest BCUT2D eigenvalue weighted by atomic mass is 19.1. The predicted octanol–water partition coefficient (Wildman–Crippen LogP) is 3.82. The number of carbonyl (C=O) groups is 6. The molecule has 2 N–H and O–H groups in total. The van der Waals surface area contributed by atoms with Crippen LogP contribution in [0, 0.1) is 17.8 Å². The molecular weight excluding hydrogens is 737 g/mol. The maximum atomic E-state index is 16.9. The van der Waals surface area contributed by atoms with E-state index in [4.69, 9.17) is 14.2 Å². The average Bonchev–Trinajstić information content (AvgIpc) is 3.78. The van der Waals surface area contributed by atoms with Crippen LogP contribution in [-0.4, -0.2) is 136 Å². The Morgan fingerprint density at radius 2 is 1.33 bits per heavy atom. The number of likely N-dealkylation sites (tertiary alicyclic amines) is 2. The molecule has 0 radical (unpaired) electrons. The van der Waals surface area contributed by atoms with Gasteiger partial charge in [-0.1, -0.05) is 24.3 Å². The van der Waals surface area contributed by atoms with Crippen molar-refractivity contribution < 1.29 is 47.4 Å². The standard InChI is InChI=1S/C42H54FN5O9/c1-41(2,3)56-39(53)44-21-11-13-46(18-21)33-29(43)15-27-32-37(33)55-31-17-26-25(34(49)23-9-7-8-10-24(23)35(26)50)16-30(31)48(32)20-28(36(27)51)38(52)47-14-12-22(19-47)45-40(54)57-42(4,5)6/h7-10,20-22,25-27,29-33,37H,11-19H2,1-6H3,(H,44,53)(H,45,54). The summed E-state index contributed by atoms with van der Waals surface area (Å²) < 4.78 is 34.7. The molecule has 15 heteroatoms. The molecule has 57 heavy (non-hydrogen) atoms. The van der Waals surface area contributed by atoms with Gasteiger partial charge in [-0.25, -0.2) is 14.0 Å². The quantitative estimate of drug-likeness (QED) is 0.427. The number of alkyl halides is 1. The van der Waals surface area contributed by atoms with Gasteiger partial charge in [-0.2, -0.15) is 0 Å². The fourth-order valence-electron chi connectivity index (χ4n) is 10.4. The van der Waals surface area contributed by atoms with E-state index in [2.05, 4.69) is 10.6 Å². The monoisotopic (exact) mass is 791 g/mol. The molecule has 3 amide bonds. The minimum atomic E-state index is -1.50. The number of benzene rings is 1. The highest BCUT2D eigenvalue weighted by Crippen LogP contribution is 2.51. The van der Waals surface area contributed by atoms with Crippen LogP contribution in [0.15, 0.2) is 36.0 Å². The summed E-state index contributed by atoms with van der Waals surface area (Å²) in [5.74, 6) is -3.28. The lowest BCUT2D eigenvalue weighted by atomic mass is 9.63. The molecule has 5 fully saturated rings. The lowest BCUT2D eigenvalue weighted by Gasteiger charge is -2.61. The van der Waals surface area contributed by atoms with Crippen molar-refractivity contribution in [2.45, 2.75) is 133 Å². The number of morpholine rings is 1. The Morgan fingerprint density at radius 1 is 0.754 bits per heavy atom. The predicted molar refractivity (Wildman–Crippen MR) is 203 cm³/mol. The molecule has 308 valence electrons. The van der Waals surface area contributed by atoms with Crippen molar-refractivity contribution in [2.75, 3.05) is 26.2 Å². The number of rotatable bonds is 4. The smallest absolute Gasteiger partial charge is 0.407 e. The number of nitrogens with one attached hydrogen (secondary N) is 2. The third-order valence-corrected chi connectivity index (χ3v) is 12.7. The number of alkyl carbamates (subject to hydrolysis) is 2. The molecule has 8 rings (SSSR count). The van der Waals surface area contributed by atoms with Crippen LogP contribution in [0.3, 0.4) is 0 Å². The van der Waals surface area contributed by atoms with Gasteiger partial charge in [-0.3, -0.25) is 24.1 Å². The summed E-state index contributed by atoms with van der Waals surface area (Å²) in [5, 5.41) is 5.74. The largest absolute Gasteiger partial charge is 0.444 e. The van der Waals surface area contributed by atoms with E-state index >= 15 is 4.39 Å². The summed E-state index contributed by atoms with van der Waals surface area (Å²) in [6.07, 6.45) is -0.994. The molecule has 11 atom stereocenters. The van der Waals surface area contributed by atoms with Gasteiger partial charge >= 0.3 is 12.2 Å². The minimum Gasteiger partial charge on any atom is -0.444 e. The molecule has 4 aliphatic heterocycles. The molecule has 0 aromatic heterocycles. The Balaban J connectivity index is 1.09. The first-order valence-corrected chi connectivity index (χ1v) is 20.4. The molecule has 1 aromatic carbocycles. The molecule has 2 saturated carbocycles. The zero-order chi connectivity index (χ0) is 40.7. The molecule has 7 aliphatic rings. The van der Waals surface area contributed by atoms with E-state index in [9.17, 15) is 28.8 Å². The first-order valence-electron chi connectivity index (χ1n) is 20.4. The molecule has 4 heterocycles. The van der Waals surface area contributed by atoms with Gasteiger partial charge in [0.1, 0.15) is 17.4 Å². The van der Waals surface area contributed by atoms with Gasteiger partial charge in [0.25, 0.3) is 5.91 Å². The summed E-state index contributed by atoms with van der Waals surface area (Å²) in [6, 6.07) is 4.37. The third-order valence-electron chi connectivity index (χ3n) is 12.7. The normalized spacial score (nSPS) is 35.0. The molecule has 3 saturated heterocycles.